The highest BCUT2D eigenvalue weighted by Gasteiger charge is 2.30. The highest BCUT2D eigenvalue weighted by Crippen LogP contribution is 2.29. The molecule has 106 valence electrons. The van der Waals surface area contributed by atoms with E-state index in [1.165, 1.54) is 12.1 Å². The highest BCUT2D eigenvalue weighted by molar-refractivity contribution is 5.68. The van der Waals surface area contributed by atoms with Gasteiger partial charge in [0.2, 0.25) is 5.89 Å². The third-order valence-electron chi connectivity index (χ3n) is 2.43. The molecule has 0 fully saturated rings. The Hall–Kier alpha value is -2.38. The number of nitrogens with zero attached hydrogens (tertiary/aromatic N) is 2. The average molecular weight is 286 g/mol. The van der Waals surface area contributed by atoms with Crippen LogP contribution in [0.15, 0.2) is 28.8 Å². The first-order valence-electron chi connectivity index (χ1n) is 5.54. The molecule has 1 aromatic heterocycles. The second-order valence-corrected chi connectivity index (χ2v) is 4.05. The van der Waals surface area contributed by atoms with Gasteiger partial charge in [0, 0.05) is 6.42 Å². The topological polar surface area (TPSA) is 76.2 Å². The summed E-state index contributed by atoms with van der Waals surface area (Å²) >= 11 is 0. The lowest BCUT2D eigenvalue weighted by molar-refractivity contribution is -0.138. The molecule has 8 heteroatoms. The number of carbonyl (C=O) groups is 1. The van der Waals surface area contributed by atoms with Gasteiger partial charge in [0.1, 0.15) is 6.42 Å². The molecule has 2 rings (SSSR count). The zero-order chi connectivity index (χ0) is 14.8. The van der Waals surface area contributed by atoms with Gasteiger partial charge in [-0.1, -0.05) is 23.4 Å². The third kappa shape index (κ3) is 3.56. The molecule has 0 saturated heterocycles. The first kappa shape index (κ1) is 14.0. The third-order valence-corrected chi connectivity index (χ3v) is 2.43. The Bertz CT molecular complexity index is 622. The van der Waals surface area contributed by atoms with E-state index in [2.05, 4.69) is 14.7 Å². The van der Waals surface area contributed by atoms with Crippen molar-refractivity contribution in [3.63, 3.8) is 0 Å². The summed E-state index contributed by atoms with van der Waals surface area (Å²) in [6.07, 6.45) is -4.80. The number of hydrogen-bond donors (Lipinski definition) is 1. The van der Waals surface area contributed by atoms with E-state index in [0.717, 1.165) is 12.1 Å². The van der Waals surface area contributed by atoms with Crippen molar-refractivity contribution in [1.29, 1.82) is 0 Å². The molecule has 0 aliphatic heterocycles. The smallest absolute Gasteiger partial charge is 0.416 e. The number of carboxylic acids is 1. The second kappa shape index (κ2) is 5.32. The fourth-order valence-electron chi connectivity index (χ4n) is 1.60. The normalized spacial score (nSPS) is 11.6. The maximum absolute atomic E-state index is 12.5. The Morgan fingerprint density at radius 2 is 2.10 bits per heavy atom. The molecule has 1 N–H and O–H groups in total. The van der Waals surface area contributed by atoms with Crippen molar-refractivity contribution in [3.8, 4) is 0 Å². The number of aromatic nitrogens is 2. The molecule has 1 aromatic carbocycles. The zero-order valence-electron chi connectivity index (χ0n) is 10.0. The minimum absolute atomic E-state index is 0.0348. The Kier molecular flexibility index (Phi) is 3.73. The molecular formula is C12H9F3N2O3. The van der Waals surface area contributed by atoms with Gasteiger partial charge in [-0.15, -0.1) is 0 Å². The number of benzene rings is 1. The van der Waals surface area contributed by atoms with Crippen LogP contribution in [-0.2, 0) is 23.8 Å². The highest BCUT2D eigenvalue weighted by atomic mass is 19.4. The Morgan fingerprint density at radius 3 is 2.75 bits per heavy atom. The van der Waals surface area contributed by atoms with Crippen LogP contribution in [0.3, 0.4) is 0 Å². The van der Waals surface area contributed by atoms with Crippen LogP contribution in [0.25, 0.3) is 0 Å². The lowest BCUT2D eigenvalue weighted by Crippen LogP contribution is -2.05. The zero-order valence-corrected chi connectivity index (χ0v) is 10.0. The molecule has 0 aliphatic rings. The summed E-state index contributed by atoms with van der Waals surface area (Å²) in [6.45, 7) is 0. The molecule has 0 amide bonds. The van der Waals surface area contributed by atoms with Crippen molar-refractivity contribution in [2.75, 3.05) is 0 Å². The van der Waals surface area contributed by atoms with Crippen LogP contribution in [0, 0.1) is 0 Å². The van der Waals surface area contributed by atoms with E-state index < -0.39 is 24.1 Å². The van der Waals surface area contributed by atoms with Crippen LogP contribution in [0.2, 0.25) is 0 Å². The minimum Gasteiger partial charge on any atom is -0.481 e. The number of alkyl halides is 3. The van der Waals surface area contributed by atoms with Gasteiger partial charge in [-0.25, -0.2) is 0 Å². The number of halogens is 3. The summed E-state index contributed by atoms with van der Waals surface area (Å²) in [4.78, 5) is 14.2. The van der Waals surface area contributed by atoms with Crippen LogP contribution < -0.4 is 0 Å². The van der Waals surface area contributed by atoms with Gasteiger partial charge in [0.15, 0.2) is 5.82 Å². The van der Waals surface area contributed by atoms with E-state index in [0.29, 0.717) is 5.56 Å². The van der Waals surface area contributed by atoms with E-state index in [9.17, 15) is 18.0 Å². The maximum atomic E-state index is 12.5. The summed E-state index contributed by atoms with van der Waals surface area (Å²) < 4.78 is 42.3. The predicted octanol–water partition coefficient (Wildman–Crippen LogP) is 2.31. The van der Waals surface area contributed by atoms with Crippen molar-refractivity contribution in [2.45, 2.75) is 19.0 Å². The standard InChI is InChI=1S/C12H9F3N2O3/c13-12(14,15)8-3-1-2-7(4-8)5-9-16-10(20-17-9)6-11(18)19/h1-4H,5-6H2,(H,18,19). The summed E-state index contributed by atoms with van der Waals surface area (Å²) in [5.74, 6) is -1.07. The molecule has 20 heavy (non-hydrogen) atoms. The van der Waals surface area contributed by atoms with Gasteiger partial charge in [0.05, 0.1) is 5.56 Å². The van der Waals surface area contributed by atoms with E-state index >= 15 is 0 Å². The first-order chi connectivity index (χ1) is 9.34. The number of rotatable bonds is 4. The predicted molar refractivity (Wildman–Crippen MR) is 59.9 cm³/mol. The van der Waals surface area contributed by atoms with Crippen LogP contribution in [0.4, 0.5) is 13.2 Å². The molecular weight excluding hydrogens is 277 g/mol. The molecule has 0 unspecified atom stereocenters. The van der Waals surface area contributed by atoms with Crippen LogP contribution in [0.1, 0.15) is 22.8 Å². The molecule has 0 radical (unpaired) electrons. The fourth-order valence-corrected chi connectivity index (χ4v) is 1.60. The molecule has 2 aromatic rings. The number of carboxylic acid groups (broad SMARTS) is 1. The van der Waals surface area contributed by atoms with E-state index in [1.54, 1.807) is 0 Å². The van der Waals surface area contributed by atoms with E-state index in [4.69, 9.17) is 5.11 Å². The SMILES string of the molecule is O=C(O)Cc1nc(Cc2cccc(C(F)(F)F)c2)no1. The average Bonchev–Trinajstić information content (AvgIpc) is 2.75. The quantitative estimate of drug-likeness (QED) is 0.933. The molecule has 0 spiro atoms. The van der Waals surface area contributed by atoms with E-state index in [1.807, 2.05) is 0 Å². The van der Waals surface area contributed by atoms with Crippen LogP contribution in [0.5, 0.6) is 0 Å². The van der Waals surface area contributed by atoms with Crippen molar-refractivity contribution in [3.05, 3.63) is 47.1 Å². The summed E-state index contributed by atoms with van der Waals surface area (Å²) in [7, 11) is 0. The molecule has 1 heterocycles. The Labute approximate surface area is 111 Å². The Morgan fingerprint density at radius 1 is 1.35 bits per heavy atom. The van der Waals surface area contributed by atoms with Crippen LogP contribution >= 0.6 is 0 Å². The van der Waals surface area contributed by atoms with Crippen molar-refractivity contribution in [2.24, 2.45) is 0 Å². The van der Waals surface area contributed by atoms with Gasteiger partial charge < -0.3 is 9.63 Å². The van der Waals surface area contributed by atoms with Crippen molar-refractivity contribution >= 4 is 5.97 Å². The van der Waals surface area contributed by atoms with Gasteiger partial charge in [-0.2, -0.15) is 18.2 Å². The Balaban J connectivity index is 2.14. The van der Waals surface area contributed by atoms with Gasteiger partial charge in [-0.05, 0) is 11.6 Å². The summed E-state index contributed by atoms with van der Waals surface area (Å²) in [5, 5.41) is 12.1. The summed E-state index contributed by atoms with van der Waals surface area (Å²) in [6, 6.07) is 4.75. The van der Waals surface area contributed by atoms with Crippen molar-refractivity contribution in [1.82, 2.24) is 10.1 Å². The van der Waals surface area contributed by atoms with E-state index in [-0.39, 0.29) is 18.1 Å². The molecule has 0 saturated carbocycles. The van der Waals surface area contributed by atoms with Crippen molar-refractivity contribution < 1.29 is 27.6 Å². The van der Waals surface area contributed by atoms with Gasteiger partial charge in [-0.3, -0.25) is 4.79 Å². The fraction of sp³-hybridized carbons (Fsp3) is 0.250. The lowest BCUT2D eigenvalue weighted by atomic mass is 10.1. The van der Waals surface area contributed by atoms with Gasteiger partial charge >= 0.3 is 12.1 Å². The summed E-state index contributed by atoms with van der Waals surface area (Å²) in [5.41, 5.74) is -0.397. The monoisotopic (exact) mass is 286 g/mol. The lowest BCUT2D eigenvalue weighted by Gasteiger charge is -2.07. The van der Waals surface area contributed by atoms with Crippen LogP contribution in [-0.4, -0.2) is 21.2 Å². The molecule has 0 atom stereocenters. The molecule has 0 bridgehead atoms. The maximum Gasteiger partial charge on any atom is 0.416 e. The largest absolute Gasteiger partial charge is 0.481 e. The number of aliphatic carboxylic acids is 1. The minimum atomic E-state index is -4.41. The molecule has 0 aliphatic carbocycles. The number of hydrogen-bond acceptors (Lipinski definition) is 4. The second-order valence-electron chi connectivity index (χ2n) is 4.05. The first-order valence-corrected chi connectivity index (χ1v) is 5.54. The van der Waals surface area contributed by atoms with Gasteiger partial charge in [0.25, 0.3) is 0 Å². The molecule has 5 nitrogen and oxygen atoms in total.